The van der Waals surface area contributed by atoms with E-state index in [2.05, 4.69) is 5.32 Å². The molecule has 0 aromatic carbocycles. The molecule has 2 nitrogen and oxygen atoms in total. The van der Waals surface area contributed by atoms with Crippen LogP contribution in [0.25, 0.3) is 0 Å². The molecule has 0 radical (unpaired) electrons. The van der Waals surface area contributed by atoms with Gasteiger partial charge in [0.1, 0.15) is 0 Å². The topological polar surface area (TPSA) is 21.3 Å². The first kappa shape index (κ1) is 5.06. The highest BCUT2D eigenvalue weighted by Crippen LogP contribution is 2.08. The third-order valence-corrected chi connectivity index (χ3v) is 1.23. The molecular formula is C5H11NO. The number of hydrogen-bond donors (Lipinski definition) is 1. The maximum absolute atomic E-state index is 5.11. The fraction of sp³-hybridized carbons (Fsp3) is 1.00. The van der Waals surface area contributed by atoms with Gasteiger partial charge in [0.25, 0.3) is 0 Å². The summed E-state index contributed by atoms with van der Waals surface area (Å²) >= 11 is 0. The first-order valence-electron chi connectivity index (χ1n) is 2.69. The Balaban J connectivity index is 1.93. The Morgan fingerprint density at radius 3 is 2.71 bits per heavy atom. The van der Waals surface area contributed by atoms with Crippen molar-refractivity contribution in [1.82, 2.24) is 5.32 Å². The highest BCUT2D eigenvalue weighted by molar-refractivity contribution is 4.66. The van der Waals surface area contributed by atoms with Crippen LogP contribution in [0.1, 0.15) is 6.42 Å². The van der Waals surface area contributed by atoms with Crippen molar-refractivity contribution in [1.29, 1.82) is 0 Å². The quantitative estimate of drug-likeness (QED) is 0.528. The third-order valence-electron chi connectivity index (χ3n) is 1.23. The fourth-order valence-electron chi connectivity index (χ4n) is 0.673. The Labute approximate surface area is 43.9 Å². The van der Waals surface area contributed by atoms with E-state index in [0.717, 1.165) is 13.2 Å². The highest BCUT2D eigenvalue weighted by Gasteiger charge is 2.15. The van der Waals surface area contributed by atoms with Crippen molar-refractivity contribution >= 4 is 0 Å². The molecule has 1 aliphatic heterocycles. The van der Waals surface area contributed by atoms with Crippen LogP contribution in [-0.4, -0.2) is 26.3 Å². The molecule has 1 rings (SSSR count). The van der Waals surface area contributed by atoms with E-state index in [-0.39, 0.29) is 0 Å². The Kier molecular flexibility index (Phi) is 1.65. The van der Waals surface area contributed by atoms with Gasteiger partial charge < -0.3 is 10.1 Å². The van der Waals surface area contributed by atoms with Gasteiger partial charge in [-0.25, -0.2) is 0 Å². The van der Waals surface area contributed by atoms with Crippen molar-refractivity contribution in [2.45, 2.75) is 12.5 Å². The standard InChI is InChI=1S/C5H11NO/c1-6-4-5-2-3-7-5/h5-6H,2-4H2,1H3/t5-/m1/s1. The van der Waals surface area contributed by atoms with Gasteiger partial charge in [-0.05, 0) is 13.5 Å². The summed E-state index contributed by atoms with van der Waals surface area (Å²) in [5, 5.41) is 3.04. The van der Waals surface area contributed by atoms with Gasteiger partial charge in [-0.15, -0.1) is 0 Å². The minimum atomic E-state index is 0.519. The van der Waals surface area contributed by atoms with Gasteiger partial charge in [-0.2, -0.15) is 0 Å². The van der Waals surface area contributed by atoms with E-state index in [1.165, 1.54) is 6.42 Å². The molecule has 1 aliphatic rings. The smallest absolute Gasteiger partial charge is 0.0721 e. The molecule has 0 spiro atoms. The van der Waals surface area contributed by atoms with Crippen LogP contribution in [0.15, 0.2) is 0 Å². The Bertz CT molecular complexity index is 52.0. The highest BCUT2D eigenvalue weighted by atomic mass is 16.5. The zero-order chi connectivity index (χ0) is 5.11. The second kappa shape index (κ2) is 2.28. The minimum Gasteiger partial charge on any atom is -0.377 e. The lowest BCUT2D eigenvalue weighted by Crippen LogP contribution is -2.35. The molecule has 0 unspecified atom stereocenters. The molecule has 1 fully saturated rings. The summed E-state index contributed by atoms with van der Waals surface area (Å²) in [4.78, 5) is 0. The summed E-state index contributed by atoms with van der Waals surface area (Å²) < 4.78 is 5.11. The lowest BCUT2D eigenvalue weighted by Gasteiger charge is -2.25. The van der Waals surface area contributed by atoms with Gasteiger partial charge in [0.2, 0.25) is 0 Å². The van der Waals surface area contributed by atoms with Crippen molar-refractivity contribution in [3.05, 3.63) is 0 Å². The monoisotopic (exact) mass is 101 g/mol. The third kappa shape index (κ3) is 1.14. The minimum absolute atomic E-state index is 0.519. The van der Waals surface area contributed by atoms with Gasteiger partial charge in [-0.1, -0.05) is 0 Å². The van der Waals surface area contributed by atoms with E-state index < -0.39 is 0 Å². The van der Waals surface area contributed by atoms with Crippen LogP contribution in [0, 0.1) is 0 Å². The average Bonchev–Trinajstić information content (AvgIpc) is 1.55. The van der Waals surface area contributed by atoms with Crippen LogP contribution in [0.2, 0.25) is 0 Å². The molecule has 0 aliphatic carbocycles. The zero-order valence-electron chi connectivity index (χ0n) is 4.61. The molecular weight excluding hydrogens is 90.1 g/mol. The molecule has 7 heavy (non-hydrogen) atoms. The Hall–Kier alpha value is -0.0800. The summed E-state index contributed by atoms with van der Waals surface area (Å²) in [7, 11) is 1.95. The van der Waals surface area contributed by atoms with Gasteiger partial charge in [0.15, 0.2) is 0 Å². The first-order valence-corrected chi connectivity index (χ1v) is 2.69. The van der Waals surface area contributed by atoms with E-state index in [4.69, 9.17) is 4.74 Å². The van der Waals surface area contributed by atoms with Gasteiger partial charge in [0, 0.05) is 13.2 Å². The molecule has 1 N–H and O–H groups in total. The van der Waals surface area contributed by atoms with Gasteiger partial charge >= 0.3 is 0 Å². The zero-order valence-corrected chi connectivity index (χ0v) is 4.61. The predicted molar refractivity (Wildman–Crippen MR) is 28.3 cm³/mol. The van der Waals surface area contributed by atoms with Gasteiger partial charge in [0.05, 0.1) is 6.10 Å². The van der Waals surface area contributed by atoms with E-state index >= 15 is 0 Å². The van der Waals surface area contributed by atoms with Crippen molar-refractivity contribution in [3.63, 3.8) is 0 Å². The summed E-state index contributed by atoms with van der Waals surface area (Å²) in [5.41, 5.74) is 0. The fourth-order valence-corrected chi connectivity index (χ4v) is 0.673. The summed E-state index contributed by atoms with van der Waals surface area (Å²) in [6.07, 6.45) is 1.76. The van der Waals surface area contributed by atoms with Gasteiger partial charge in [-0.3, -0.25) is 0 Å². The number of hydrogen-bond acceptors (Lipinski definition) is 2. The predicted octanol–water partition coefficient (Wildman–Crippen LogP) is -0.00530. The second-order valence-corrected chi connectivity index (χ2v) is 1.84. The second-order valence-electron chi connectivity index (χ2n) is 1.84. The number of rotatable bonds is 2. The van der Waals surface area contributed by atoms with E-state index in [1.54, 1.807) is 0 Å². The first-order chi connectivity index (χ1) is 3.43. The molecule has 0 amide bonds. The molecule has 0 aromatic heterocycles. The van der Waals surface area contributed by atoms with Crippen LogP contribution in [-0.2, 0) is 4.74 Å². The molecule has 42 valence electrons. The maximum Gasteiger partial charge on any atom is 0.0721 e. The molecule has 1 saturated heterocycles. The molecule has 0 aromatic rings. The normalized spacial score (nSPS) is 29.6. The van der Waals surface area contributed by atoms with E-state index in [1.807, 2.05) is 7.05 Å². The summed E-state index contributed by atoms with van der Waals surface area (Å²) in [5.74, 6) is 0. The van der Waals surface area contributed by atoms with Crippen molar-refractivity contribution < 1.29 is 4.74 Å². The van der Waals surface area contributed by atoms with Crippen LogP contribution in [0.3, 0.4) is 0 Å². The molecule has 2 heteroatoms. The molecule has 0 saturated carbocycles. The summed E-state index contributed by atoms with van der Waals surface area (Å²) in [6.45, 7) is 1.98. The van der Waals surface area contributed by atoms with Crippen molar-refractivity contribution in [2.24, 2.45) is 0 Å². The van der Waals surface area contributed by atoms with Crippen LogP contribution >= 0.6 is 0 Å². The average molecular weight is 101 g/mol. The maximum atomic E-state index is 5.11. The Morgan fingerprint density at radius 1 is 1.86 bits per heavy atom. The van der Waals surface area contributed by atoms with E-state index in [9.17, 15) is 0 Å². The van der Waals surface area contributed by atoms with Crippen LogP contribution < -0.4 is 5.32 Å². The lowest BCUT2D eigenvalue weighted by molar-refractivity contribution is -0.0473. The van der Waals surface area contributed by atoms with Crippen LogP contribution in [0.5, 0.6) is 0 Å². The number of ether oxygens (including phenoxy) is 1. The molecule has 1 heterocycles. The number of likely N-dealkylation sites (N-methyl/N-ethyl adjacent to an activating group) is 1. The summed E-state index contributed by atoms with van der Waals surface area (Å²) in [6, 6.07) is 0. The SMILES string of the molecule is CNC[C@H]1CCO1. The molecule has 1 atom stereocenters. The Morgan fingerprint density at radius 2 is 2.57 bits per heavy atom. The molecule has 0 bridgehead atoms. The van der Waals surface area contributed by atoms with Crippen molar-refractivity contribution in [3.8, 4) is 0 Å². The largest absolute Gasteiger partial charge is 0.377 e. The number of nitrogens with one attached hydrogen (secondary N) is 1. The van der Waals surface area contributed by atoms with E-state index in [0.29, 0.717) is 6.10 Å². The lowest BCUT2D eigenvalue weighted by atomic mass is 10.2. The van der Waals surface area contributed by atoms with Crippen molar-refractivity contribution in [2.75, 3.05) is 20.2 Å². The van der Waals surface area contributed by atoms with Crippen LogP contribution in [0.4, 0.5) is 0 Å².